The Morgan fingerprint density at radius 1 is 0.955 bits per heavy atom. The first kappa shape index (κ1) is 15.0. The van der Waals surface area contributed by atoms with Gasteiger partial charge in [0.05, 0.1) is 5.52 Å². The van der Waals surface area contributed by atoms with E-state index in [-0.39, 0.29) is 5.56 Å². The fourth-order valence-electron chi connectivity index (χ4n) is 2.48. The molecule has 1 heterocycles. The molecule has 0 radical (unpaired) electrons. The molecule has 3 aromatic rings. The van der Waals surface area contributed by atoms with Gasteiger partial charge in [-0.2, -0.15) is 13.2 Å². The molecule has 0 amide bonds. The van der Waals surface area contributed by atoms with Crippen LogP contribution in [0.1, 0.15) is 11.3 Å². The number of para-hydroxylation sites is 1. The smallest absolute Gasteiger partial charge is 0.243 e. The molecule has 22 heavy (non-hydrogen) atoms. The Morgan fingerprint density at radius 3 is 2.27 bits per heavy atom. The van der Waals surface area contributed by atoms with Crippen LogP contribution in [-0.4, -0.2) is 4.98 Å². The molecule has 0 N–H and O–H groups in total. The first-order valence-electron chi connectivity index (χ1n) is 6.61. The molecule has 0 aliphatic rings. The van der Waals surface area contributed by atoms with Gasteiger partial charge in [-0.1, -0.05) is 42.5 Å². The van der Waals surface area contributed by atoms with Crippen molar-refractivity contribution in [2.75, 3.05) is 0 Å². The van der Waals surface area contributed by atoms with E-state index in [1.165, 1.54) is 0 Å². The van der Waals surface area contributed by atoms with Crippen LogP contribution in [0.15, 0.2) is 53.0 Å². The lowest BCUT2D eigenvalue weighted by molar-refractivity contribution is -0.140. The van der Waals surface area contributed by atoms with Crippen LogP contribution in [0.25, 0.3) is 22.0 Å². The molecule has 0 aliphatic heterocycles. The van der Waals surface area contributed by atoms with Gasteiger partial charge in [0, 0.05) is 15.4 Å². The number of pyridine rings is 1. The van der Waals surface area contributed by atoms with Crippen LogP contribution >= 0.6 is 15.9 Å². The topological polar surface area (TPSA) is 12.9 Å². The summed E-state index contributed by atoms with van der Waals surface area (Å²) in [5, 5.41) is 0.661. The van der Waals surface area contributed by atoms with Gasteiger partial charge in [-0.3, -0.25) is 0 Å². The second-order valence-electron chi connectivity index (χ2n) is 4.98. The summed E-state index contributed by atoms with van der Waals surface area (Å²) in [5.74, 6) is 0. The number of halogens is 4. The van der Waals surface area contributed by atoms with Crippen molar-refractivity contribution in [2.24, 2.45) is 0 Å². The Balaban J connectivity index is 2.46. The molecule has 0 atom stereocenters. The fourth-order valence-corrected chi connectivity index (χ4v) is 3.21. The maximum Gasteiger partial charge on any atom is 0.434 e. The van der Waals surface area contributed by atoms with Crippen molar-refractivity contribution in [3.8, 4) is 11.1 Å². The highest BCUT2D eigenvalue weighted by Crippen LogP contribution is 2.43. The average molecular weight is 366 g/mol. The summed E-state index contributed by atoms with van der Waals surface area (Å²) in [4.78, 5) is 3.87. The summed E-state index contributed by atoms with van der Waals surface area (Å²) >= 11 is 3.36. The zero-order chi connectivity index (χ0) is 15.9. The van der Waals surface area contributed by atoms with Crippen molar-refractivity contribution in [3.05, 3.63) is 64.3 Å². The zero-order valence-corrected chi connectivity index (χ0v) is 13.2. The van der Waals surface area contributed by atoms with Crippen molar-refractivity contribution >= 4 is 26.8 Å². The van der Waals surface area contributed by atoms with E-state index in [1.807, 2.05) is 0 Å². The van der Waals surface area contributed by atoms with E-state index >= 15 is 0 Å². The monoisotopic (exact) mass is 365 g/mol. The molecule has 3 rings (SSSR count). The Morgan fingerprint density at radius 2 is 1.59 bits per heavy atom. The number of aromatic nitrogens is 1. The molecule has 112 valence electrons. The third-order valence-electron chi connectivity index (χ3n) is 3.51. The maximum atomic E-state index is 13.5. The third-order valence-corrected chi connectivity index (χ3v) is 4.34. The Hall–Kier alpha value is -1.88. The van der Waals surface area contributed by atoms with Gasteiger partial charge in [-0.05, 0) is 40.0 Å². The van der Waals surface area contributed by atoms with E-state index in [4.69, 9.17) is 0 Å². The summed E-state index contributed by atoms with van der Waals surface area (Å²) < 4.78 is 40.9. The number of rotatable bonds is 1. The van der Waals surface area contributed by atoms with Crippen LogP contribution in [0.5, 0.6) is 0 Å². The summed E-state index contributed by atoms with van der Waals surface area (Å²) in [5.41, 5.74) is 0.835. The molecule has 0 bridgehead atoms. The summed E-state index contributed by atoms with van der Waals surface area (Å²) in [6.45, 7) is 1.79. The second-order valence-corrected chi connectivity index (χ2v) is 5.77. The van der Waals surface area contributed by atoms with Crippen LogP contribution in [0.4, 0.5) is 13.2 Å². The zero-order valence-electron chi connectivity index (χ0n) is 11.6. The van der Waals surface area contributed by atoms with Gasteiger partial charge >= 0.3 is 6.18 Å². The number of benzene rings is 2. The molecular formula is C17H11BrF3N. The van der Waals surface area contributed by atoms with Gasteiger partial charge in [0.1, 0.15) is 0 Å². The molecule has 0 saturated heterocycles. The van der Waals surface area contributed by atoms with Crippen molar-refractivity contribution in [1.82, 2.24) is 4.98 Å². The number of nitrogens with zero attached hydrogens (tertiary/aromatic N) is 1. The quantitative estimate of drug-likeness (QED) is 0.515. The Kier molecular flexibility index (Phi) is 3.68. The highest BCUT2D eigenvalue weighted by atomic mass is 79.9. The lowest BCUT2D eigenvalue weighted by Crippen LogP contribution is -2.11. The molecular weight excluding hydrogens is 355 g/mol. The summed E-state index contributed by atoms with van der Waals surface area (Å²) in [6, 6.07) is 13.8. The van der Waals surface area contributed by atoms with E-state index in [2.05, 4.69) is 20.9 Å². The molecule has 5 heteroatoms. The van der Waals surface area contributed by atoms with Gasteiger partial charge in [-0.15, -0.1) is 0 Å². The van der Waals surface area contributed by atoms with Gasteiger partial charge < -0.3 is 0 Å². The maximum absolute atomic E-state index is 13.5. The van der Waals surface area contributed by atoms with Crippen LogP contribution < -0.4 is 0 Å². The number of hydrogen-bond donors (Lipinski definition) is 0. The van der Waals surface area contributed by atoms with Gasteiger partial charge in [0.2, 0.25) is 0 Å². The number of alkyl halides is 3. The minimum atomic E-state index is -4.52. The fraction of sp³-hybridized carbons (Fsp3) is 0.118. The molecule has 0 aliphatic carbocycles. The number of aryl methyl sites for hydroxylation is 1. The number of fused-ring (bicyclic) bond motifs is 1. The summed E-state index contributed by atoms with van der Waals surface area (Å²) in [6.07, 6.45) is -4.52. The van der Waals surface area contributed by atoms with Crippen LogP contribution in [-0.2, 0) is 6.18 Å². The van der Waals surface area contributed by atoms with Crippen molar-refractivity contribution in [2.45, 2.75) is 13.1 Å². The molecule has 0 saturated carbocycles. The first-order valence-corrected chi connectivity index (χ1v) is 7.40. The predicted molar refractivity (Wildman–Crippen MR) is 84.6 cm³/mol. The molecule has 0 spiro atoms. The third kappa shape index (κ3) is 2.50. The van der Waals surface area contributed by atoms with E-state index in [1.54, 1.807) is 55.5 Å². The largest absolute Gasteiger partial charge is 0.434 e. The molecule has 0 fully saturated rings. The predicted octanol–water partition coefficient (Wildman–Crippen LogP) is 5.99. The van der Waals surface area contributed by atoms with E-state index in [9.17, 15) is 13.2 Å². The lowest BCUT2D eigenvalue weighted by Gasteiger charge is -2.17. The van der Waals surface area contributed by atoms with E-state index < -0.39 is 11.9 Å². The van der Waals surface area contributed by atoms with E-state index in [0.29, 0.717) is 20.9 Å². The standard InChI is InChI=1S/C17H11BrF3N/c1-10-6-2-3-7-11(10)14-15(18)12-8-4-5-9-13(12)22-16(14)17(19,20)21/h2-9H,1H3. The molecule has 0 unspecified atom stereocenters. The van der Waals surface area contributed by atoms with Gasteiger partial charge in [0.15, 0.2) is 5.69 Å². The van der Waals surface area contributed by atoms with Gasteiger partial charge in [0.25, 0.3) is 0 Å². The van der Waals surface area contributed by atoms with Crippen molar-refractivity contribution in [3.63, 3.8) is 0 Å². The SMILES string of the molecule is Cc1ccccc1-c1c(C(F)(F)F)nc2ccccc2c1Br. The van der Waals surface area contributed by atoms with Crippen LogP contribution in [0.3, 0.4) is 0 Å². The number of hydrogen-bond acceptors (Lipinski definition) is 1. The average Bonchev–Trinajstić information content (AvgIpc) is 2.47. The summed E-state index contributed by atoms with van der Waals surface area (Å²) in [7, 11) is 0. The lowest BCUT2D eigenvalue weighted by atomic mass is 9.97. The van der Waals surface area contributed by atoms with Crippen molar-refractivity contribution < 1.29 is 13.2 Å². The van der Waals surface area contributed by atoms with Gasteiger partial charge in [-0.25, -0.2) is 4.98 Å². The highest BCUT2D eigenvalue weighted by Gasteiger charge is 2.37. The Labute approximate surface area is 133 Å². The molecule has 1 aromatic heterocycles. The van der Waals surface area contributed by atoms with Crippen LogP contribution in [0, 0.1) is 6.92 Å². The minimum absolute atomic E-state index is 0.0873. The van der Waals surface area contributed by atoms with Crippen molar-refractivity contribution in [1.29, 1.82) is 0 Å². The normalized spacial score (nSPS) is 11.9. The highest BCUT2D eigenvalue weighted by molar-refractivity contribution is 9.10. The Bertz CT molecular complexity index is 856. The molecule has 2 aromatic carbocycles. The molecule has 1 nitrogen and oxygen atoms in total. The van der Waals surface area contributed by atoms with E-state index in [0.717, 1.165) is 5.56 Å². The van der Waals surface area contributed by atoms with Crippen LogP contribution in [0.2, 0.25) is 0 Å². The second kappa shape index (κ2) is 5.39. The minimum Gasteiger partial charge on any atom is -0.243 e. The first-order chi connectivity index (χ1) is 10.4.